The highest BCUT2D eigenvalue weighted by Crippen LogP contribution is 2.34. The van der Waals surface area contributed by atoms with Gasteiger partial charge in [-0.2, -0.15) is 5.11 Å². The fraction of sp³-hybridized carbons (Fsp3) is 0.706. The molecule has 0 aliphatic carbocycles. The van der Waals surface area contributed by atoms with Crippen molar-refractivity contribution in [1.82, 2.24) is 0 Å². The van der Waals surface area contributed by atoms with Crippen molar-refractivity contribution in [3.63, 3.8) is 0 Å². The summed E-state index contributed by atoms with van der Waals surface area (Å²) < 4.78 is 0. The summed E-state index contributed by atoms with van der Waals surface area (Å²) in [4.78, 5) is 4.33. The van der Waals surface area contributed by atoms with Crippen LogP contribution in [0.5, 0.6) is 0 Å². The lowest BCUT2D eigenvalue weighted by Crippen LogP contribution is -2.27. The molecule has 0 aliphatic rings. The molecule has 0 saturated carbocycles. The van der Waals surface area contributed by atoms with Crippen LogP contribution in [-0.4, -0.2) is 13.7 Å². The number of aliphatic imine (C=N–C) groups is 1. The quantitative estimate of drug-likeness (QED) is 0.152. The third-order valence-electron chi connectivity index (χ3n) is 3.69. The second-order valence-corrected chi connectivity index (χ2v) is 5.80. The molecule has 3 nitrogen and oxygen atoms in total. The molecule has 2 radical (unpaired) electrons. The van der Waals surface area contributed by atoms with Crippen LogP contribution in [0.15, 0.2) is 40.2 Å². The molecule has 0 aromatic rings. The first-order chi connectivity index (χ1) is 10.00. The Kier molecular flexibility index (Phi) is 10.8. The molecule has 0 aliphatic heterocycles. The van der Waals surface area contributed by atoms with Crippen LogP contribution in [0.3, 0.4) is 0 Å². The third kappa shape index (κ3) is 8.64. The predicted molar refractivity (Wildman–Crippen MR) is 93.8 cm³/mol. The fourth-order valence-electron chi connectivity index (χ4n) is 2.37. The third-order valence-corrected chi connectivity index (χ3v) is 3.69. The van der Waals surface area contributed by atoms with Gasteiger partial charge in [-0.05, 0) is 18.4 Å². The summed E-state index contributed by atoms with van der Waals surface area (Å²) in [6.07, 6.45) is 10.7. The van der Waals surface area contributed by atoms with Gasteiger partial charge in [0.1, 0.15) is 7.85 Å². The minimum Gasteiger partial charge on any atom is -0.248 e. The highest BCUT2D eigenvalue weighted by atomic mass is 15.1. The van der Waals surface area contributed by atoms with Gasteiger partial charge in [-0.15, -0.1) is 5.11 Å². The van der Waals surface area contributed by atoms with E-state index in [2.05, 4.69) is 49.1 Å². The van der Waals surface area contributed by atoms with Gasteiger partial charge < -0.3 is 0 Å². The van der Waals surface area contributed by atoms with Crippen molar-refractivity contribution in [2.24, 2.45) is 20.6 Å². The number of hydrogen-bond acceptors (Lipinski definition) is 2. The Morgan fingerprint density at radius 1 is 1.10 bits per heavy atom. The molecule has 21 heavy (non-hydrogen) atoms. The maximum atomic E-state index is 5.66. The Bertz CT molecular complexity index is 374. The molecular formula is C17H30BN3. The van der Waals surface area contributed by atoms with Crippen LogP contribution >= 0.6 is 0 Å². The van der Waals surface area contributed by atoms with E-state index in [-0.39, 0.29) is 11.0 Å². The molecule has 0 spiro atoms. The number of nitrogens with zero attached hydrogens (tertiary/aromatic N) is 3. The summed E-state index contributed by atoms with van der Waals surface area (Å²) >= 11 is 0. The van der Waals surface area contributed by atoms with Crippen molar-refractivity contribution in [2.75, 3.05) is 0 Å². The first kappa shape index (κ1) is 19.8. The van der Waals surface area contributed by atoms with Gasteiger partial charge in [-0.25, -0.2) is 4.99 Å². The molecule has 0 N–H and O–H groups in total. The maximum absolute atomic E-state index is 5.66. The van der Waals surface area contributed by atoms with E-state index in [0.29, 0.717) is 5.84 Å². The number of rotatable bonds is 11. The number of azo groups is 1. The molecule has 0 fully saturated rings. The monoisotopic (exact) mass is 287 g/mol. The Labute approximate surface area is 132 Å². The van der Waals surface area contributed by atoms with Crippen LogP contribution in [0.25, 0.3) is 0 Å². The highest BCUT2D eigenvalue weighted by molar-refractivity contribution is 6.22. The molecule has 0 bridgehead atoms. The second kappa shape index (κ2) is 11.5. The molecule has 1 unspecified atom stereocenters. The summed E-state index contributed by atoms with van der Waals surface area (Å²) in [7, 11) is 5.66. The smallest absolute Gasteiger partial charge is 0.156 e. The topological polar surface area (TPSA) is 37.1 Å². The normalized spacial score (nSPS) is 15.1. The largest absolute Gasteiger partial charge is 0.248 e. The molecular weight excluding hydrogens is 257 g/mol. The van der Waals surface area contributed by atoms with Gasteiger partial charge in [0.25, 0.3) is 0 Å². The number of hydrogen-bond donors (Lipinski definition) is 0. The summed E-state index contributed by atoms with van der Waals surface area (Å²) in [5.74, 6) is 0.680. The predicted octanol–water partition coefficient (Wildman–Crippen LogP) is 5.79. The van der Waals surface area contributed by atoms with Crippen molar-refractivity contribution in [2.45, 2.75) is 72.1 Å². The Hall–Kier alpha value is -1.19. The molecule has 0 aromatic carbocycles. The van der Waals surface area contributed by atoms with Gasteiger partial charge in [0, 0.05) is 11.6 Å². The highest BCUT2D eigenvalue weighted by Gasteiger charge is 2.30. The van der Waals surface area contributed by atoms with Crippen molar-refractivity contribution < 1.29 is 0 Å². The van der Waals surface area contributed by atoms with E-state index in [9.17, 15) is 0 Å². The van der Waals surface area contributed by atoms with Crippen LogP contribution < -0.4 is 0 Å². The molecule has 0 heterocycles. The van der Waals surface area contributed by atoms with Crippen molar-refractivity contribution in [3.05, 3.63) is 25.0 Å². The van der Waals surface area contributed by atoms with E-state index in [0.717, 1.165) is 25.7 Å². The molecule has 116 valence electrons. The van der Waals surface area contributed by atoms with Crippen LogP contribution in [0.2, 0.25) is 0 Å². The van der Waals surface area contributed by atoms with Gasteiger partial charge in [0.05, 0.1) is 0 Å². The van der Waals surface area contributed by atoms with E-state index < -0.39 is 0 Å². The average molecular weight is 287 g/mol. The van der Waals surface area contributed by atoms with Crippen LogP contribution in [0.4, 0.5) is 0 Å². The average Bonchev–Trinajstić information content (AvgIpc) is 2.45. The zero-order chi connectivity index (χ0) is 16.1. The van der Waals surface area contributed by atoms with Crippen molar-refractivity contribution in [3.8, 4) is 0 Å². The number of unbranched alkanes of at least 4 members (excludes halogenated alkanes) is 4. The minimum absolute atomic E-state index is 0.0986. The molecule has 1 atom stereocenters. The van der Waals surface area contributed by atoms with Crippen molar-refractivity contribution in [1.29, 1.82) is 0 Å². The Balaban J connectivity index is 5.13. The molecule has 0 aromatic heterocycles. The van der Waals surface area contributed by atoms with E-state index in [4.69, 9.17) is 7.85 Å². The maximum Gasteiger partial charge on any atom is 0.156 e. The van der Waals surface area contributed by atoms with Crippen LogP contribution in [0.1, 0.15) is 72.1 Å². The standard InChI is InChI=1S/C17H30BN3/c1-6-9-11-12-14-17(5,13-10-7-2)16(20-15(4)18)21-19-8-3/h8H,3-4,6-7,9-14H2,1-2,5H3. The van der Waals surface area contributed by atoms with Gasteiger partial charge in [0.2, 0.25) is 0 Å². The fourth-order valence-corrected chi connectivity index (χ4v) is 2.37. The van der Waals surface area contributed by atoms with Gasteiger partial charge in [-0.1, -0.05) is 72.5 Å². The summed E-state index contributed by atoms with van der Waals surface area (Å²) in [6.45, 7) is 13.9. The lowest BCUT2D eigenvalue weighted by Gasteiger charge is -2.28. The van der Waals surface area contributed by atoms with Gasteiger partial charge >= 0.3 is 0 Å². The van der Waals surface area contributed by atoms with Gasteiger partial charge in [0.15, 0.2) is 5.84 Å². The second-order valence-electron chi connectivity index (χ2n) is 5.80. The summed E-state index contributed by atoms with van der Waals surface area (Å²) in [5, 5.41) is 8.13. The van der Waals surface area contributed by atoms with Crippen LogP contribution in [-0.2, 0) is 0 Å². The van der Waals surface area contributed by atoms with E-state index in [1.54, 1.807) is 0 Å². The zero-order valence-corrected chi connectivity index (χ0v) is 14.1. The summed E-state index contributed by atoms with van der Waals surface area (Å²) in [5.41, 5.74) is 0.183. The molecule has 0 rings (SSSR count). The van der Waals surface area contributed by atoms with Gasteiger partial charge in [-0.3, -0.25) is 0 Å². The van der Waals surface area contributed by atoms with E-state index >= 15 is 0 Å². The van der Waals surface area contributed by atoms with Crippen molar-refractivity contribution >= 4 is 13.7 Å². The molecule has 0 saturated heterocycles. The first-order valence-corrected chi connectivity index (χ1v) is 8.05. The Morgan fingerprint density at radius 2 is 1.71 bits per heavy atom. The minimum atomic E-state index is -0.0986. The van der Waals surface area contributed by atoms with Crippen LogP contribution in [0, 0.1) is 5.41 Å². The summed E-state index contributed by atoms with van der Waals surface area (Å²) in [6, 6.07) is 0. The Morgan fingerprint density at radius 3 is 2.24 bits per heavy atom. The number of amidine groups is 1. The zero-order valence-electron chi connectivity index (χ0n) is 14.1. The first-order valence-electron chi connectivity index (χ1n) is 8.05. The van der Waals surface area contributed by atoms with E-state index in [1.165, 1.54) is 31.9 Å². The lowest BCUT2D eigenvalue weighted by atomic mass is 9.78. The lowest BCUT2D eigenvalue weighted by molar-refractivity contribution is 0.358. The molecule has 4 heteroatoms. The SMILES string of the molecule is [B]C(=C)N=C(N=NC=C)C(C)(CCCC)CCCCCC. The van der Waals surface area contributed by atoms with E-state index in [1.807, 2.05) is 0 Å². The molecule has 0 amide bonds.